The van der Waals surface area contributed by atoms with Crippen LogP contribution in [0.25, 0.3) is 0 Å². The fraction of sp³-hybridized carbons (Fsp3) is 0.250. The van der Waals surface area contributed by atoms with Gasteiger partial charge in [-0.05, 0) is 36.1 Å². The van der Waals surface area contributed by atoms with Crippen molar-refractivity contribution in [2.75, 3.05) is 6.54 Å². The van der Waals surface area contributed by atoms with E-state index in [1.54, 1.807) is 24.1 Å². The number of fused-ring (bicyclic) bond motifs is 1. The summed E-state index contributed by atoms with van der Waals surface area (Å²) in [4.78, 5) is 1.15. The summed E-state index contributed by atoms with van der Waals surface area (Å²) in [6.45, 7) is 1.02. The first-order valence-corrected chi connectivity index (χ1v) is 4.39. The van der Waals surface area contributed by atoms with Crippen LogP contribution in [0, 0.1) is 0 Å². The van der Waals surface area contributed by atoms with Crippen LogP contribution in [0.1, 0.15) is 5.56 Å². The summed E-state index contributed by atoms with van der Waals surface area (Å²) in [6.07, 6.45) is 1.06. The van der Waals surface area contributed by atoms with Crippen molar-refractivity contribution in [3.63, 3.8) is 0 Å². The van der Waals surface area contributed by atoms with Gasteiger partial charge < -0.3 is 5.11 Å². The van der Waals surface area contributed by atoms with Gasteiger partial charge in [0.15, 0.2) is 0 Å². The van der Waals surface area contributed by atoms with E-state index in [4.69, 9.17) is 5.11 Å². The van der Waals surface area contributed by atoms with Gasteiger partial charge in [0.05, 0.1) is 0 Å². The van der Waals surface area contributed by atoms with Crippen LogP contribution in [-0.2, 0) is 6.42 Å². The summed E-state index contributed by atoms with van der Waals surface area (Å²) in [5.74, 6) is 0.347. The average molecular weight is 167 g/mol. The molecule has 1 aromatic rings. The van der Waals surface area contributed by atoms with Gasteiger partial charge >= 0.3 is 0 Å². The highest BCUT2D eigenvalue weighted by atomic mass is 32.2. The first-order valence-electron chi connectivity index (χ1n) is 3.58. The third kappa shape index (κ3) is 1.34. The molecule has 0 aromatic heterocycles. The van der Waals surface area contributed by atoms with Gasteiger partial charge in [-0.1, -0.05) is 6.07 Å². The van der Waals surface area contributed by atoms with Gasteiger partial charge in [-0.25, -0.2) is 0 Å². The van der Waals surface area contributed by atoms with E-state index in [2.05, 4.69) is 4.72 Å². The number of hydrogen-bond donors (Lipinski definition) is 2. The van der Waals surface area contributed by atoms with E-state index in [-0.39, 0.29) is 0 Å². The zero-order chi connectivity index (χ0) is 7.68. The highest BCUT2D eigenvalue weighted by Crippen LogP contribution is 2.27. The largest absolute Gasteiger partial charge is 0.508 e. The monoisotopic (exact) mass is 167 g/mol. The van der Waals surface area contributed by atoms with Crippen molar-refractivity contribution in [3.8, 4) is 5.75 Å². The Kier molecular flexibility index (Phi) is 1.75. The first-order chi connectivity index (χ1) is 5.36. The van der Waals surface area contributed by atoms with Crippen LogP contribution in [0.3, 0.4) is 0 Å². The van der Waals surface area contributed by atoms with Crippen LogP contribution in [0.2, 0.25) is 0 Å². The van der Waals surface area contributed by atoms with E-state index in [0.29, 0.717) is 5.75 Å². The van der Waals surface area contributed by atoms with E-state index >= 15 is 0 Å². The molecule has 1 heterocycles. The van der Waals surface area contributed by atoms with Crippen molar-refractivity contribution in [1.82, 2.24) is 4.72 Å². The quantitative estimate of drug-likeness (QED) is 0.575. The fourth-order valence-electron chi connectivity index (χ4n) is 1.16. The molecule has 1 aliphatic heterocycles. The molecule has 3 heteroatoms. The fourth-order valence-corrected chi connectivity index (χ4v) is 2.00. The second-order valence-electron chi connectivity index (χ2n) is 2.54. The van der Waals surface area contributed by atoms with Gasteiger partial charge in [-0.15, -0.1) is 0 Å². The van der Waals surface area contributed by atoms with E-state index < -0.39 is 0 Å². The van der Waals surface area contributed by atoms with Gasteiger partial charge in [-0.3, -0.25) is 4.72 Å². The summed E-state index contributed by atoms with van der Waals surface area (Å²) >= 11 is 1.59. The summed E-state index contributed by atoms with van der Waals surface area (Å²) in [7, 11) is 0. The predicted octanol–water partition coefficient (Wildman–Crippen LogP) is 1.54. The molecular weight excluding hydrogens is 158 g/mol. The highest BCUT2D eigenvalue weighted by molar-refractivity contribution is 7.97. The van der Waals surface area contributed by atoms with Crippen molar-refractivity contribution < 1.29 is 5.11 Å². The Bertz CT molecular complexity index is 275. The molecule has 11 heavy (non-hydrogen) atoms. The summed E-state index contributed by atoms with van der Waals surface area (Å²) in [5.41, 5.74) is 1.33. The Morgan fingerprint density at radius 1 is 1.45 bits per heavy atom. The molecule has 0 bridgehead atoms. The lowest BCUT2D eigenvalue weighted by atomic mass is 10.1. The Morgan fingerprint density at radius 2 is 2.36 bits per heavy atom. The van der Waals surface area contributed by atoms with E-state index in [1.165, 1.54) is 5.56 Å². The van der Waals surface area contributed by atoms with Crippen molar-refractivity contribution in [1.29, 1.82) is 0 Å². The minimum atomic E-state index is 0.347. The molecule has 0 radical (unpaired) electrons. The number of phenolic OH excluding ortho intramolecular Hbond substituents is 1. The predicted molar refractivity (Wildman–Crippen MR) is 45.7 cm³/mol. The van der Waals surface area contributed by atoms with E-state index in [0.717, 1.165) is 17.9 Å². The second-order valence-corrected chi connectivity index (χ2v) is 3.47. The lowest BCUT2D eigenvalue weighted by Crippen LogP contribution is -2.14. The highest BCUT2D eigenvalue weighted by Gasteiger charge is 2.08. The Morgan fingerprint density at radius 3 is 3.27 bits per heavy atom. The van der Waals surface area contributed by atoms with E-state index in [1.807, 2.05) is 6.07 Å². The molecule has 2 rings (SSSR count). The Balaban J connectivity index is 2.43. The number of hydrogen-bond acceptors (Lipinski definition) is 3. The molecule has 0 fully saturated rings. The third-order valence-electron chi connectivity index (χ3n) is 1.73. The summed E-state index contributed by atoms with van der Waals surface area (Å²) in [6, 6.07) is 5.52. The van der Waals surface area contributed by atoms with Gasteiger partial charge in [-0.2, -0.15) is 0 Å². The van der Waals surface area contributed by atoms with Crippen molar-refractivity contribution in [2.45, 2.75) is 11.3 Å². The molecule has 2 N–H and O–H groups in total. The lowest BCUT2D eigenvalue weighted by molar-refractivity contribution is 0.473. The van der Waals surface area contributed by atoms with Gasteiger partial charge in [0.2, 0.25) is 0 Å². The molecule has 0 unspecified atom stereocenters. The smallest absolute Gasteiger partial charge is 0.116 e. The number of benzene rings is 1. The molecule has 1 aliphatic rings. The zero-order valence-electron chi connectivity index (χ0n) is 6.00. The average Bonchev–Trinajstić information content (AvgIpc) is 2.04. The second kappa shape index (κ2) is 2.75. The number of rotatable bonds is 0. The topological polar surface area (TPSA) is 32.3 Å². The van der Waals surface area contributed by atoms with Crippen LogP contribution in [0.4, 0.5) is 0 Å². The van der Waals surface area contributed by atoms with Crippen LogP contribution < -0.4 is 4.72 Å². The zero-order valence-corrected chi connectivity index (χ0v) is 6.82. The Labute approximate surface area is 69.8 Å². The lowest BCUT2D eigenvalue weighted by Gasteiger charge is -2.15. The normalized spacial score (nSPS) is 16.0. The number of aromatic hydroxyl groups is 1. The third-order valence-corrected chi connectivity index (χ3v) is 2.68. The maximum absolute atomic E-state index is 9.15. The van der Waals surface area contributed by atoms with Crippen LogP contribution >= 0.6 is 11.9 Å². The van der Waals surface area contributed by atoms with Gasteiger partial charge in [0.1, 0.15) is 5.75 Å². The maximum Gasteiger partial charge on any atom is 0.116 e. The van der Waals surface area contributed by atoms with E-state index in [9.17, 15) is 0 Å². The molecular formula is C8H9NOS. The summed E-state index contributed by atoms with van der Waals surface area (Å²) in [5, 5.41) is 9.15. The van der Waals surface area contributed by atoms with Crippen LogP contribution in [0.5, 0.6) is 5.75 Å². The van der Waals surface area contributed by atoms with Gasteiger partial charge in [0, 0.05) is 11.4 Å². The Hall–Kier alpha value is -0.670. The maximum atomic E-state index is 9.15. The SMILES string of the molecule is Oc1ccc2c(c1)SNCC2. The van der Waals surface area contributed by atoms with Crippen LogP contribution in [0.15, 0.2) is 23.1 Å². The minimum Gasteiger partial charge on any atom is -0.508 e. The molecule has 1 aromatic carbocycles. The van der Waals surface area contributed by atoms with Gasteiger partial charge in [0.25, 0.3) is 0 Å². The molecule has 58 valence electrons. The summed E-state index contributed by atoms with van der Waals surface area (Å²) < 4.78 is 3.17. The first kappa shape index (κ1) is 7.00. The molecule has 0 saturated heterocycles. The number of phenols is 1. The molecule has 0 amide bonds. The number of nitrogens with one attached hydrogen (secondary N) is 1. The van der Waals surface area contributed by atoms with Crippen molar-refractivity contribution >= 4 is 11.9 Å². The van der Waals surface area contributed by atoms with Crippen molar-refractivity contribution in [2.24, 2.45) is 0 Å². The minimum absolute atomic E-state index is 0.347. The molecule has 0 atom stereocenters. The van der Waals surface area contributed by atoms with Crippen LogP contribution in [-0.4, -0.2) is 11.7 Å². The molecule has 2 nitrogen and oxygen atoms in total. The molecule has 0 saturated carbocycles. The molecule has 0 aliphatic carbocycles. The molecule has 0 spiro atoms. The standard InChI is InChI=1S/C8H9NOS/c10-7-2-1-6-3-4-9-11-8(6)5-7/h1-2,5,9-10H,3-4H2. The van der Waals surface area contributed by atoms with Crippen molar-refractivity contribution in [3.05, 3.63) is 23.8 Å².